The van der Waals surface area contributed by atoms with Crippen LogP contribution in [0.25, 0.3) is 11.0 Å². The van der Waals surface area contributed by atoms with Crippen LogP contribution in [0.2, 0.25) is 0 Å². The molecular weight excluding hydrogens is 264 g/mol. The first-order valence-corrected chi connectivity index (χ1v) is 6.54. The van der Waals surface area contributed by atoms with E-state index in [2.05, 4.69) is 9.97 Å². The second-order valence-electron chi connectivity index (χ2n) is 4.73. The van der Waals surface area contributed by atoms with Crippen LogP contribution in [0.15, 0.2) is 18.5 Å². The Morgan fingerprint density at radius 3 is 2.68 bits per heavy atom. The van der Waals surface area contributed by atoms with Crippen LogP contribution >= 0.6 is 11.6 Å². The molecule has 1 amide bonds. The lowest BCUT2D eigenvalue weighted by Gasteiger charge is -2.21. The van der Waals surface area contributed by atoms with Crippen LogP contribution in [0.1, 0.15) is 31.1 Å². The lowest BCUT2D eigenvalue weighted by atomic mass is 10.2. The summed E-state index contributed by atoms with van der Waals surface area (Å²) in [5.74, 6) is 0.696. The number of nitrogens with zero attached hydrogens (tertiary/aromatic N) is 4. The maximum Gasteiger partial charge on any atom is 0.244 e. The van der Waals surface area contributed by atoms with Gasteiger partial charge in [0.15, 0.2) is 0 Å². The summed E-state index contributed by atoms with van der Waals surface area (Å²) in [6.07, 6.45) is 3.37. The lowest BCUT2D eigenvalue weighted by Crippen LogP contribution is -2.30. The first-order valence-electron chi connectivity index (χ1n) is 6.10. The van der Waals surface area contributed by atoms with E-state index >= 15 is 0 Å². The summed E-state index contributed by atoms with van der Waals surface area (Å²) >= 11 is 6.18. The summed E-state index contributed by atoms with van der Waals surface area (Å²) in [4.78, 5) is 22.3. The van der Waals surface area contributed by atoms with Crippen molar-refractivity contribution in [2.45, 2.75) is 25.3 Å². The van der Waals surface area contributed by atoms with Gasteiger partial charge in [-0.15, -0.1) is 11.6 Å². The minimum atomic E-state index is -0.349. The van der Waals surface area contributed by atoms with Gasteiger partial charge in [0.25, 0.3) is 0 Å². The fraction of sp³-hybridized carbons (Fsp3) is 0.462. The highest BCUT2D eigenvalue weighted by molar-refractivity contribution is 6.20. The maximum absolute atomic E-state index is 12.2. The summed E-state index contributed by atoms with van der Waals surface area (Å²) in [5, 5.41) is -0.273. The van der Waals surface area contributed by atoms with Gasteiger partial charge in [-0.3, -0.25) is 9.78 Å². The number of carbonyl (C=O) groups is 1. The first kappa shape index (κ1) is 13.8. The number of pyridine rings is 1. The van der Waals surface area contributed by atoms with Gasteiger partial charge in [0.05, 0.1) is 17.1 Å². The van der Waals surface area contributed by atoms with Gasteiger partial charge < -0.3 is 9.47 Å². The summed E-state index contributed by atoms with van der Waals surface area (Å²) in [6.45, 7) is 3.70. The van der Waals surface area contributed by atoms with Crippen molar-refractivity contribution in [1.82, 2.24) is 19.4 Å². The molecule has 0 aromatic carbocycles. The van der Waals surface area contributed by atoms with Crippen molar-refractivity contribution in [2.24, 2.45) is 0 Å². The number of alkyl halides is 1. The molecule has 0 bridgehead atoms. The number of amides is 1. The first-order chi connectivity index (χ1) is 8.93. The second kappa shape index (κ2) is 5.17. The zero-order valence-electron chi connectivity index (χ0n) is 11.5. The Balaban J connectivity index is 2.62. The average molecular weight is 281 g/mol. The second-order valence-corrected chi connectivity index (χ2v) is 5.38. The molecule has 2 rings (SSSR count). The molecule has 2 atom stereocenters. The van der Waals surface area contributed by atoms with Gasteiger partial charge in [-0.25, -0.2) is 4.98 Å². The Labute approximate surface area is 117 Å². The number of imidazole rings is 1. The van der Waals surface area contributed by atoms with Crippen LogP contribution in [0.5, 0.6) is 0 Å². The quantitative estimate of drug-likeness (QED) is 0.811. The van der Waals surface area contributed by atoms with Crippen molar-refractivity contribution < 1.29 is 4.79 Å². The molecule has 6 heteroatoms. The molecule has 5 nitrogen and oxygen atoms in total. The normalized spacial score (nSPS) is 14.4. The van der Waals surface area contributed by atoms with Gasteiger partial charge in [0, 0.05) is 20.3 Å². The number of rotatable bonds is 3. The van der Waals surface area contributed by atoms with Crippen LogP contribution in [-0.2, 0) is 4.79 Å². The van der Waals surface area contributed by atoms with Crippen LogP contribution in [0, 0.1) is 0 Å². The number of aromatic nitrogens is 3. The Hall–Kier alpha value is -1.62. The van der Waals surface area contributed by atoms with Crippen LogP contribution in [0.4, 0.5) is 0 Å². The number of hydrogen-bond donors (Lipinski definition) is 0. The van der Waals surface area contributed by atoms with E-state index < -0.39 is 0 Å². The van der Waals surface area contributed by atoms with Gasteiger partial charge in [-0.1, -0.05) is 0 Å². The smallest absolute Gasteiger partial charge is 0.244 e. The minimum Gasteiger partial charge on any atom is -0.347 e. The fourth-order valence-corrected chi connectivity index (χ4v) is 2.30. The molecule has 0 spiro atoms. The Bertz CT molecular complexity index is 606. The van der Waals surface area contributed by atoms with E-state index in [1.54, 1.807) is 31.4 Å². The van der Waals surface area contributed by atoms with E-state index in [4.69, 9.17) is 11.6 Å². The van der Waals surface area contributed by atoms with E-state index in [0.29, 0.717) is 5.82 Å². The number of halogens is 1. The van der Waals surface area contributed by atoms with E-state index in [1.165, 1.54) is 0 Å². The number of fused-ring (bicyclic) bond motifs is 1. The highest BCUT2D eigenvalue weighted by Crippen LogP contribution is 2.28. The monoisotopic (exact) mass is 280 g/mol. The zero-order chi connectivity index (χ0) is 14.2. The molecule has 2 heterocycles. The predicted octanol–water partition coefficient (Wildman–Crippen LogP) is 2.38. The molecule has 2 aromatic rings. The lowest BCUT2D eigenvalue weighted by molar-refractivity contribution is -0.131. The predicted molar refractivity (Wildman–Crippen MR) is 75.2 cm³/mol. The highest BCUT2D eigenvalue weighted by atomic mass is 35.5. The van der Waals surface area contributed by atoms with Gasteiger partial charge >= 0.3 is 0 Å². The Morgan fingerprint density at radius 1 is 1.42 bits per heavy atom. The number of hydrogen-bond acceptors (Lipinski definition) is 3. The van der Waals surface area contributed by atoms with Gasteiger partial charge in [-0.05, 0) is 19.9 Å². The van der Waals surface area contributed by atoms with Crippen molar-refractivity contribution in [1.29, 1.82) is 0 Å². The Morgan fingerprint density at radius 2 is 2.11 bits per heavy atom. The van der Waals surface area contributed by atoms with Crippen LogP contribution in [0.3, 0.4) is 0 Å². The average Bonchev–Trinajstić information content (AvgIpc) is 2.76. The summed E-state index contributed by atoms with van der Waals surface area (Å²) in [5.41, 5.74) is 1.63. The topological polar surface area (TPSA) is 51.0 Å². The molecular formula is C13H17ClN4O. The van der Waals surface area contributed by atoms with Gasteiger partial charge in [-0.2, -0.15) is 0 Å². The SMILES string of the molecule is CC(Cl)c1nc2cnccc2n1C(C)C(=O)N(C)C. The molecule has 0 N–H and O–H groups in total. The largest absolute Gasteiger partial charge is 0.347 e. The molecule has 0 saturated carbocycles. The summed E-state index contributed by atoms with van der Waals surface area (Å²) in [7, 11) is 3.48. The molecule has 0 aliphatic heterocycles. The fourth-order valence-electron chi connectivity index (χ4n) is 2.14. The molecule has 0 aliphatic rings. The van der Waals surface area contributed by atoms with E-state index in [9.17, 15) is 4.79 Å². The molecule has 102 valence electrons. The number of likely N-dealkylation sites (N-methyl/N-ethyl adjacent to an activating group) is 1. The van der Waals surface area contributed by atoms with Crippen molar-refractivity contribution in [3.8, 4) is 0 Å². The van der Waals surface area contributed by atoms with Gasteiger partial charge in [0.1, 0.15) is 17.4 Å². The van der Waals surface area contributed by atoms with Crippen molar-refractivity contribution >= 4 is 28.5 Å². The van der Waals surface area contributed by atoms with Crippen LogP contribution < -0.4 is 0 Å². The standard InChI is InChI=1S/C13H17ClN4O/c1-8(14)12-16-10-7-15-6-5-11(10)18(12)9(2)13(19)17(3)4/h5-9H,1-4H3. The summed E-state index contributed by atoms with van der Waals surface area (Å²) in [6, 6.07) is 1.50. The van der Waals surface area contributed by atoms with E-state index in [0.717, 1.165) is 11.0 Å². The zero-order valence-corrected chi connectivity index (χ0v) is 12.2. The summed E-state index contributed by atoms with van der Waals surface area (Å²) < 4.78 is 1.89. The van der Waals surface area contributed by atoms with Crippen molar-refractivity contribution in [2.75, 3.05) is 14.1 Å². The number of carbonyl (C=O) groups excluding carboxylic acids is 1. The minimum absolute atomic E-state index is 0.00896. The Kier molecular flexibility index (Phi) is 3.75. The van der Waals surface area contributed by atoms with Crippen LogP contribution in [-0.4, -0.2) is 39.4 Å². The van der Waals surface area contributed by atoms with Crippen molar-refractivity contribution in [3.05, 3.63) is 24.3 Å². The van der Waals surface area contributed by atoms with Crippen molar-refractivity contribution in [3.63, 3.8) is 0 Å². The third kappa shape index (κ3) is 2.42. The molecule has 0 aliphatic carbocycles. The highest BCUT2D eigenvalue weighted by Gasteiger charge is 2.24. The molecule has 0 saturated heterocycles. The molecule has 0 fully saturated rings. The van der Waals surface area contributed by atoms with E-state index in [1.807, 2.05) is 24.5 Å². The molecule has 0 radical (unpaired) electrons. The maximum atomic E-state index is 12.2. The van der Waals surface area contributed by atoms with E-state index in [-0.39, 0.29) is 17.3 Å². The molecule has 19 heavy (non-hydrogen) atoms. The molecule has 2 aromatic heterocycles. The van der Waals surface area contributed by atoms with Gasteiger partial charge in [0.2, 0.25) is 5.91 Å². The molecule has 2 unspecified atom stereocenters. The third-order valence-corrected chi connectivity index (χ3v) is 3.26. The third-order valence-electron chi connectivity index (χ3n) is 3.06.